The quantitative estimate of drug-likeness (QED) is 0.840. The van der Waals surface area contributed by atoms with Gasteiger partial charge in [-0.15, -0.1) is 11.3 Å². The van der Waals surface area contributed by atoms with Crippen molar-refractivity contribution in [3.05, 3.63) is 47.0 Å². The number of carbonyl (C=O) groups is 3. The summed E-state index contributed by atoms with van der Waals surface area (Å²) < 4.78 is 0. The minimum absolute atomic E-state index is 0.0223. The Morgan fingerprint density at radius 1 is 1.15 bits per heavy atom. The second kappa shape index (κ2) is 6.99. The van der Waals surface area contributed by atoms with Crippen LogP contribution in [0.3, 0.4) is 0 Å². The zero-order valence-electron chi connectivity index (χ0n) is 14.2. The third-order valence-corrected chi connectivity index (χ3v) is 5.89. The van der Waals surface area contributed by atoms with E-state index in [1.165, 1.54) is 16.2 Å². The molecule has 0 radical (unpaired) electrons. The van der Waals surface area contributed by atoms with E-state index in [1.807, 2.05) is 5.38 Å². The van der Waals surface area contributed by atoms with Gasteiger partial charge in [0.05, 0.1) is 11.1 Å². The number of fused-ring (bicyclic) bond motifs is 1. The Bertz CT molecular complexity index is 814. The summed E-state index contributed by atoms with van der Waals surface area (Å²) in [4.78, 5) is 43.3. The fourth-order valence-electron chi connectivity index (χ4n) is 3.89. The van der Waals surface area contributed by atoms with E-state index in [1.54, 1.807) is 30.5 Å². The molecule has 26 heavy (non-hydrogen) atoms. The molecular formula is C19H19N3O3S. The van der Waals surface area contributed by atoms with Gasteiger partial charge < -0.3 is 5.32 Å². The van der Waals surface area contributed by atoms with Crippen LogP contribution in [-0.2, 0) is 4.79 Å². The van der Waals surface area contributed by atoms with Crippen molar-refractivity contribution in [1.82, 2.24) is 9.88 Å². The molecule has 0 saturated heterocycles. The summed E-state index contributed by atoms with van der Waals surface area (Å²) in [6.07, 6.45) is 5.25. The van der Waals surface area contributed by atoms with Gasteiger partial charge in [-0.25, -0.2) is 4.98 Å². The number of thiazole rings is 1. The lowest BCUT2D eigenvalue weighted by Crippen LogP contribution is -2.41. The molecule has 0 spiro atoms. The molecule has 1 aromatic carbocycles. The largest absolute Gasteiger partial charge is 0.302 e. The number of imide groups is 1. The molecule has 6 nitrogen and oxygen atoms in total. The lowest BCUT2D eigenvalue weighted by atomic mass is 9.78. The van der Waals surface area contributed by atoms with Gasteiger partial charge in [0, 0.05) is 24.0 Å². The minimum atomic E-state index is -0.254. The first-order valence-electron chi connectivity index (χ1n) is 8.80. The van der Waals surface area contributed by atoms with Crippen molar-refractivity contribution in [2.24, 2.45) is 11.8 Å². The Kier molecular flexibility index (Phi) is 4.55. The first kappa shape index (κ1) is 16.9. The smallest absolute Gasteiger partial charge is 0.261 e. The Morgan fingerprint density at radius 3 is 2.50 bits per heavy atom. The number of carbonyl (C=O) groups excluding carboxylic acids is 3. The van der Waals surface area contributed by atoms with Crippen LogP contribution in [0.1, 0.15) is 46.4 Å². The van der Waals surface area contributed by atoms with Crippen LogP contribution in [0.5, 0.6) is 0 Å². The molecule has 1 fully saturated rings. The monoisotopic (exact) mass is 369 g/mol. The van der Waals surface area contributed by atoms with Gasteiger partial charge in [0.25, 0.3) is 11.8 Å². The third-order valence-electron chi connectivity index (χ3n) is 5.20. The fourth-order valence-corrected chi connectivity index (χ4v) is 4.43. The van der Waals surface area contributed by atoms with Crippen LogP contribution in [0.4, 0.5) is 5.13 Å². The van der Waals surface area contributed by atoms with Gasteiger partial charge in [-0.2, -0.15) is 0 Å². The average molecular weight is 369 g/mol. The first-order chi connectivity index (χ1) is 12.6. The van der Waals surface area contributed by atoms with E-state index in [0.29, 0.717) is 22.8 Å². The maximum absolute atomic E-state index is 12.7. The lowest BCUT2D eigenvalue weighted by molar-refractivity contribution is -0.122. The lowest BCUT2D eigenvalue weighted by Gasteiger charge is -2.32. The van der Waals surface area contributed by atoms with E-state index < -0.39 is 0 Å². The number of nitrogens with zero attached hydrogens (tertiary/aromatic N) is 2. The molecule has 2 unspecified atom stereocenters. The van der Waals surface area contributed by atoms with E-state index in [9.17, 15) is 14.4 Å². The summed E-state index contributed by atoms with van der Waals surface area (Å²) >= 11 is 1.38. The number of hydrogen-bond donors (Lipinski definition) is 1. The topological polar surface area (TPSA) is 79.4 Å². The number of anilines is 1. The molecule has 1 N–H and O–H groups in total. The Hall–Kier alpha value is -2.54. The highest BCUT2D eigenvalue weighted by Gasteiger charge is 2.40. The van der Waals surface area contributed by atoms with Gasteiger partial charge in [0.1, 0.15) is 0 Å². The van der Waals surface area contributed by atoms with Gasteiger partial charge in [0.15, 0.2) is 5.13 Å². The normalized spacial score (nSPS) is 22.4. The second-order valence-electron chi connectivity index (χ2n) is 6.74. The number of benzene rings is 1. The number of rotatable bonds is 4. The summed E-state index contributed by atoms with van der Waals surface area (Å²) in [7, 11) is 0. The van der Waals surface area contributed by atoms with Crippen LogP contribution in [0, 0.1) is 11.8 Å². The van der Waals surface area contributed by atoms with Crippen molar-refractivity contribution < 1.29 is 14.4 Å². The van der Waals surface area contributed by atoms with Gasteiger partial charge in [-0.3, -0.25) is 19.3 Å². The maximum atomic E-state index is 12.7. The van der Waals surface area contributed by atoms with Crippen LogP contribution in [0.15, 0.2) is 35.8 Å². The zero-order valence-corrected chi connectivity index (χ0v) is 15.0. The van der Waals surface area contributed by atoms with Crippen molar-refractivity contribution >= 4 is 34.2 Å². The summed E-state index contributed by atoms with van der Waals surface area (Å²) in [5, 5.41) is 5.26. The van der Waals surface area contributed by atoms with Crippen LogP contribution in [-0.4, -0.2) is 34.2 Å². The van der Waals surface area contributed by atoms with Gasteiger partial charge >= 0.3 is 0 Å². The molecule has 2 aromatic rings. The molecule has 1 saturated carbocycles. The molecule has 2 aliphatic rings. The Balaban J connectivity index is 1.50. The standard InChI is InChI=1S/C19H19N3O3S/c23-16(21-19-20-9-10-26-19)13-6-2-1-5-12(13)11-22-17(24)14-7-3-4-8-15(14)18(22)25/h3-4,7-10,12-13H,1-2,5-6,11H2,(H,20,21,23). The highest BCUT2D eigenvalue weighted by atomic mass is 32.1. The zero-order chi connectivity index (χ0) is 18.1. The molecule has 7 heteroatoms. The van der Waals surface area contributed by atoms with Crippen molar-refractivity contribution in [2.75, 3.05) is 11.9 Å². The molecule has 1 aliphatic heterocycles. The van der Waals surface area contributed by atoms with Crippen molar-refractivity contribution in [2.45, 2.75) is 25.7 Å². The number of nitrogens with one attached hydrogen (secondary N) is 1. The van der Waals surface area contributed by atoms with Gasteiger partial charge in [-0.05, 0) is 30.9 Å². The molecule has 3 amide bonds. The summed E-state index contributed by atoms with van der Waals surface area (Å²) in [6, 6.07) is 6.89. The summed E-state index contributed by atoms with van der Waals surface area (Å²) in [5.74, 6) is -0.811. The van der Waals surface area contributed by atoms with Crippen molar-refractivity contribution in [3.8, 4) is 0 Å². The summed E-state index contributed by atoms with van der Waals surface area (Å²) in [5.41, 5.74) is 0.911. The molecule has 1 aliphatic carbocycles. The average Bonchev–Trinajstić information content (AvgIpc) is 3.25. The molecular weight excluding hydrogens is 350 g/mol. The van der Waals surface area contributed by atoms with Crippen LogP contribution in [0.2, 0.25) is 0 Å². The predicted octanol–water partition coefficient (Wildman–Crippen LogP) is 3.18. The predicted molar refractivity (Wildman–Crippen MR) is 98.0 cm³/mol. The SMILES string of the molecule is O=C(Nc1nccs1)C1CCCCC1CN1C(=O)c2ccccc2C1=O. The van der Waals surface area contributed by atoms with E-state index in [-0.39, 0.29) is 29.6 Å². The number of hydrogen-bond acceptors (Lipinski definition) is 5. The van der Waals surface area contributed by atoms with E-state index in [4.69, 9.17) is 0 Å². The minimum Gasteiger partial charge on any atom is -0.302 e. The van der Waals surface area contributed by atoms with Crippen LogP contribution >= 0.6 is 11.3 Å². The number of amides is 3. The van der Waals surface area contributed by atoms with E-state index in [2.05, 4.69) is 10.3 Å². The first-order valence-corrected chi connectivity index (χ1v) is 9.68. The van der Waals surface area contributed by atoms with Crippen LogP contribution < -0.4 is 5.32 Å². The van der Waals surface area contributed by atoms with E-state index in [0.717, 1.165) is 25.7 Å². The Morgan fingerprint density at radius 2 is 1.85 bits per heavy atom. The van der Waals surface area contributed by atoms with Crippen molar-refractivity contribution in [3.63, 3.8) is 0 Å². The maximum Gasteiger partial charge on any atom is 0.261 e. The second-order valence-corrected chi connectivity index (χ2v) is 7.64. The van der Waals surface area contributed by atoms with Crippen molar-refractivity contribution in [1.29, 1.82) is 0 Å². The Labute approximate surface area is 155 Å². The third kappa shape index (κ3) is 3.03. The number of aromatic nitrogens is 1. The molecule has 134 valence electrons. The highest BCUT2D eigenvalue weighted by Crippen LogP contribution is 2.34. The highest BCUT2D eigenvalue weighted by molar-refractivity contribution is 7.13. The molecule has 4 rings (SSSR count). The molecule has 2 atom stereocenters. The van der Waals surface area contributed by atoms with Gasteiger partial charge in [0.2, 0.25) is 5.91 Å². The molecule has 2 heterocycles. The molecule has 1 aromatic heterocycles. The molecule has 0 bridgehead atoms. The summed E-state index contributed by atoms with van der Waals surface area (Å²) in [6.45, 7) is 0.294. The van der Waals surface area contributed by atoms with E-state index >= 15 is 0 Å². The van der Waals surface area contributed by atoms with Crippen LogP contribution in [0.25, 0.3) is 0 Å². The fraction of sp³-hybridized carbons (Fsp3) is 0.368. The van der Waals surface area contributed by atoms with Gasteiger partial charge in [-0.1, -0.05) is 25.0 Å².